The molecule has 1 aliphatic rings. The van der Waals surface area contributed by atoms with Gasteiger partial charge in [0.1, 0.15) is 6.10 Å². The lowest BCUT2D eigenvalue weighted by atomic mass is 9.97. The number of hydrogen-bond acceptors (Lipinski definition) is 5. The molecule has 0 fully saturated rings. The van der Waals surface area contributed by atoms with Crippen LogP contribution in [0, 0.1) is 0 Å². The Balaban J connectivity index is 1.53. The zero-order valence-corrected chi connectivity index (χ0v) is 15.6. The van der Waals surface area contributed by atoms with Crippen molar-refractivity contribution in [3.05, 3.63) is 65.2 Å². The number of nitrogens with one attached hydrogen (secondary N) is 2. The van der Waals surface area contributed by atoms with Crippen LogP contribution in [0.4, 0.5) is 5.69 Å². The fourth-order valence-electron chi connectivity index (χ4n) is 3.00. The molecular weight excluding hydrogens is 360 g/mol. The normalized spacial score (nSPS) is 15.2. The molecule has 0 aromatic heterocycles. The van der Waals surface area contributed by atoms with Gasteiger partial charge in [-0.1, -0.05) is 24.3 Å². The summed E-state index contributed by atoms with van der Waals surface area (Å²) in [4.78, 5) is 35.8. The number of carbonyl (C=O) groups is 3. The van der Waals surface area contributed by atoms with Crippen LogP contribution in [0.15, 0.2) is 48.5 Å². The highest BCUT2D eigenvalue weighted by Crippen LogP contribution is 2.26. The lowest BCUT2D eigenvalue weighted by molar-refractivity contribution is -0.136. The molecule has 2 aromatic rings. The van der Waals surface area contributed by atoms with Crippen LogP contribution in [0.1, 0.15) is 34.5 Å². The van der Waals surface area contributed by atoms with Crippen LogP contribution in [0.3, 0.4) is 0 Å². The Morgan fingerprint density at radius 3 is 2.57 bits per heavy atom. The second-order valence-corrected chi connectivity index (χ2v) is 6.27. The molecule has 7 heteroatoms. The molecule has 2 aromatic carbocycles. The molecule has 7 nitrogen and oxygen atoms in total. The first-order valence-corrected chi connectivity index (χ1v) is 9.14. The first-order valence-electron chi connectivity index (χ1n) is 9.14. The molecule has 3 rings (SSSR count). The molecule has 0 saturated heterocycles. The fraction of sp³-hybridized carbons (Fsp3) is 0.286. The van der Waals surface area contributed by atoms with Gasteiger partial charge in [-0.25, -0.2) is 4.79 Å². The minimum atomic E-state index is -0.784. The molecule has 0 aliphatic carbocycles. The van der Waals surface area contributed by atoms with E-state index >= 15 is 0 Å². The number of ether oxygens (including phenoxy) is 2. The van der Waals surface area contributed by atoms with Gasteiger partial charge >= 0.3 is 17.8 Å². The van der Waals surface area contributed by atoms with Gasteiger partial charge in [-0.05, 0) is 48.7 Å². The highest BCUT2D eigenvalue weighted by molar-refractivity contribution is 6.39. The molecule has 146 valence electrons. The van der Waals surface area contributed by atoms with Gasteiger partial charge in [-0.15, -0.1) is 0 Å². The maximum absolute atomic E-state index is 12.1. The van der Waals surface area contributed by atoms with E-state index in [0.29, 0.717) is 17.9 Å². The number of hydrogen-bond donors (Lipinski definition) is 2. The van der Waals surface area contributed by atoms with E-state index in [9.17, 15) is 14.4 Å². The van der Waals surface area contributed by atoms with Crippen molar-refractivity contribution in [2.24, 2.45) is 0 Å². The molecule has 0 bridgehead atoms. The lowest BCUT2D eigenvalue weighted by Crippen LogP contribution is -2.38. The molecule has 1 aliphatic heterocycles. The number of carbonyl (C=O) groups excluding carboxylic acids is 3. The Labute approximate surface area is 163 Å². The van der Waals surface area contributed by atoms with Crippen molar-refractivity contribution < 1.29 is 23.9 Å². The Bertz CT molecular complexity index is 863. The third kappa shape index (κ3) is 4.75. The first-order chi connectivity index (χ1) is 13.6. The van der Waals surface area contributed by atoms with E-state index in [0.717, 1.165) is 12.0 Å². The van der Waals surface area contributed by atoms with Crippen LogP contribution in [-0.4, -0.2) is 37.5 Å². The van der Waals surface area contributed by atoms with Gasteiger partial charge in [0, 0.05) is 12.2 Å². The molecule has 2 amide bonds. The molecule has 2 N–H and O–H groups in total. The Morgan fingerprint density at radius 1 is 1.07 bits per heavy atom. The summed E-state index contributed by atoms with van der Waals surface area (Å²) in [6.07, 6.45) is 0.564. The maximum atomic E-state index is 12.1. The summed E-state index contributed by atoms with van der Waals surface area (Å²) < 4.78 is 10.6. The Kier molecular flexibility index (Phi) is 6.39. The molecule has 0 saturated carbocycles. The molecule has 0 radical (unpaired) electrons. The van der Waals surface area contributed by atoms with Crippen LogP contribution in [0.2, 0.25) is 0 Å². The highest BCUT2D eigenvalue weighted by atomic mass is 16.5. The monoisotopic (exact) mass is 382 g/mol. The Morgan fingerprint density at radius 2 is 1.82 bits per heavy atom. The molecule has 1 heterocycles. The van der Waals surface area contributed by atoms with Gasteiger partial charge in [0.2, 0.25) is 0 Å². The summed E-state index contributed by atoms with van der Waals surface area (Å²) in [7, 11) is 0. The largest absolute Gasteiger partial charge is 0.462 e. The molecular formula is C21H22N2O5. The van der Waals surface area contributed by atoms with Crippen molar-refractivity contribution in [2.45, 2.75) is 19.4 Å². The number of fused-ring (bicyclic) bond motifs is 1. The van der Waals surface area contributed by atoms with E-state index in [1.165, 1.54) is 29.8 Å². The maximum Gasteiger partial charge on any atom is 0.338 e. The second-order valence-electron chi connectivity index (χ2n) is 6.27. The summed E-state index contributed by atoms with van der Waals surface area (Å²) in [6.45, 7) is 2.80. The minimum Gasteiger partial charge on any atom is -0.462 e. The zero-order valence-electron chi connectivity index (χ0n) is 15.6. The summed E-state index contributed by atoms with van der Waals surface area (Å²) in [5.41, 5.74) is 3.01. The van der Waals surface area contributed by atoms with Crippen molar-refractivity contribution in [3.8, 4) is 0 Å². The molecule has 1 atom stereocenters. The van der Waals surface area contributed by atoms with E-state index in [2.05, 4.69) is 10.6 Å². The zero-order chi connectivity index (χ0) is 19.9. The van der Waals surface area contributed by atoms with E-state index in [4.69, 9.17) is 9.47 Å². The SMILES string of the molecule is CCOC(=O)c1ccc(NC(=O)C(=O)NCC2OCCc3ccccc32)cc1. The molecule has 1 unspecified atom stereocenters. The van der Waals surface area contributed by atoms with Gasteiger partial charge in [-0.3, -0.25) is 9.59 Å². The van der Waals surface area contributed by atoms with Crippen molar-refractivity contribution in [3.63, 3.8) is 0 Å². The van der Waals surface area contributed by atoms with Gasteiger partial charge in [0.05, 0.1) is 18.8 Å². The van der Waals surface area contributed by atoms with Crippen molar-refractivity contribution in [2.75, 3.05) is 25.1 Å². The van der Waals surface area contributed by atoms with E-state index in [1.807, 2.05) is 24.3 Å². The summed E-state index contributed by atoms with van der Waals surface area (Å²) in [6, 6.07) is 14.0. The number of esters is 1. The number of amides is 2. The Hall–Kier alpha value is -3.19. The summed E-state index contributed by atoms with van der Waals surface area (Å²) >= 11 is 0. The minimum absolute atomic E-state index is 0.213. The average Bonchev–Trinajstić information content (AvgIpc) is 2.72. The average molecular weight is 382 g/mol. The quantitative estimate of drug-likeness (QED) is 0.611. The van der Waals surface area contributed by atoms with Crippen molar-refractivity contribution in [1.82, 2.24) is 5.32 Å². The topological polar surface area (TPSA) is 93.7 Å². The van der Waals surface area contributed by atoms with Gasteiger partial charge in [0.25, 0.3) is 0 Å². The predicted molar refractivity (Wildman–Crippen MR) is 103 cm³/mol. The predicted octanol–water partition coefficient (Wildman–Crippen LogP) is 2.23. The van der Waals surface area contributed by atoms with Gasteiger partial charge < -0.3 is 20.1 Å². The van der Waals surface area contributed by atoms with Crippen LogP contribution in [0.5, 0.6) is 0 Å². The van der Waals surface area contributed by atoms with Crippen LogP contribution < -0.4 is 10.6 Å². The fourth-order valence-corrected chi connectivity index (χ4v) is 3.00. The van der Waals surface area contributed by atoms with E-state index < -0.39 is 17.8 Å². The van der Waals surface area contributed by atoms with Crippen LogP contribution >= 0.6 is 0 Å². The van der Waals surface area contributed by atoms with E-state index in [1.54, 1.807) is 6.92 Å². The second kappa shape index (κ2) is 9.14. The van der Waals surface area contributed by atoms with Gasteiger partial charge in [-0.2, -0.15) is 0 Å². The van der Waals surface area contributed by atoms with Crippen molar-refractivity contribution in [1.29, 1.82) is 0 Å². The standard InChI is InChI=1S/C21H22N2O5/c1-2-27-21(26)15-7-9-16(10-8-15)23-20(25)19(24)22-13-18-17-6-4-3-5-14(17)11-12-28-18/h3-10,18H,2,11-13H2,1H3,(H,22,24)(H,23,25). The number of anilines is 1. The smallest absolute Gasteiger partial charge is 0.338 e. The molecule has 0 spiro atoms. The summed E-state index contributed by atoms with van der Waals surface area (Å²) in [5, 5.41) is 5.11. The summed E-state index contributed by atoms with van der Waals surface area (Å²) in [5.74, 6) is -1.97. The van der Waals surface area contributed by atoms with Crippen LogP contribution in [0.25, 0.3) is 0 Å². The first kappa shape index (κ1) is 19.6. The van der Waals surface area contributed by atoms with Crippen LogP contribution in [-0.2, 0) is 25.5 Å². The third-order valence-corrected chi connectivity index (χ3v) is 4.40. The van der Waals surface area contributed by atoms with Crippen molar-refractivity contribution >= 4 is 23.5 Å². The highest BCUT2D eigenvalue weighted by Gasteiger charge is 2.22. The third-order valence-electron chi connectivity index (χ3n) is 4.40. The lowest BCUT2D eigenvalue weighted by Gasteiger charge is -2.26. The molecule has 28 heavy (non-hydrogen) atoms. The van der Waals surface area contributed by atoms with Gasteiger partial charge in [0.15, 0.2) is 0 Å². The van der Waals surface area contributed by atoms with E-state index in [-0.39, 0.29) is 19.3 Å². The number of benzene rings is 2. The number of rotatable bonds is 5.